The topological polar surface area (TPSA) is 89.6 Å². The number of carbonyl (C=O) groups is 1. The van der Waals surface area contributed by atoms with Crippen molar-refractivity contribution in [3.05, 3.63) is 11.3 Å². The van der Waals surface area contributed by atoms with Crippen molar-refractivity contribution in [2.24, 2.45) is 15.8 Å². The molecule has 0 aromatic carbocycles. The van der Waals surface area contributed by atoms with E-state index in [1.807, 2.05) is 23.8 Å². The summed E-state index contributed by atoms with van der Waals surface area (Å²) in [5.41, 5.74) is 8.04. The van der Waals surface area contributed by atoms with Gasteiger partial charge in [0.25, 0.3) is 0 Å². The number of allylic oxidation sites excluding steroid dienone is 1. The van der Waals surface area contributed by atoms with Crippen LogP contribution in [0.25, 0.3) is 0 Å². The number of hydrogen-bond donors (Lipinski definition) is 2. The second-order valence-electron chi connectivity index (χ2n) is 7.34. The molecule has 2 aliphatic heterocycles. The highest BCUT2D eigenvalue weighted by Gasteiger charge is 2.21. The molecule has 0 radical (unpaired) electrons. The number of amides is 2. The molecule has 0 unspecified atom stereocenters. The van der Waals surface area contributed by atoms with E-state index in [1.54, 1.807) is 0 Å². The van der Waals surface area contributed by atoms with Crippen molar-refractivity contribution in [2.45, 2.75) is 46.5 Å². The SMILES string of the molecule is CCCCNC(=O)N1CCN(CCCCN2N=CN=C(N)C2=C(C)C)CC1. The number of hydrazone groups is 1. The monoisotopic (exact) mass is 377 g/mol. The Morgan fingerprint density at radius 1 is 1.15 bits per heavy atom. The normalized spacial score (nSPS) is 17.9. The molecule has 27 heavy (non-hydrogen) atoms. The molecule has 2 rings (SSSR count). The Morgan fingerprint density at radius 3 is 2.52 bits per heavy atom. The molecule has 8 nitrogen and oxygen atoms in total. The number of urea groups is 1. The van der Waals surface area contributed by atoms with Crippen LogP contribution in [0, 0.1) is 0 Å². The summed E-state index contributed by atoms with van der Waals surface area (Å²) >= 11 is 0. The van der Waals surface area contributed by atoms with Crippen molar-refractivity contribution in [1.82, 2.24) is 20.1 Å². The third kappa shape index (κ3) is 6.53. The number of rotatable bonds is 8. The lowest BCUT2D eigenvalue weighted by atomic mass is 10.2. The first-order valence-electron chi connectivity index (χ1n) is 10.1. The van der Waals surface area contributed by atoms with Gasteiger partial charge >= 0.3 is 6.03 Å². The van der Waals surface area contributed by atoms with Crippen LogP contribution in [0.3, 0.4) is 0 Å². The van der Waals surface area contributed by atoms with Gasteiger partial charge in [0, 0.05) is 39.3 Å². The van der Waals surface area contributed by atoms with Crippen molar-refractivity contribution in [3.8, 4) is 0 Å². The molecule has 8 heteroatoms. The van der Waals surface area contributed by atoms with Crippen LogP contribution < -0.4 is 11.1 Å². The molecule has 152 valence electrons. The maximum absolute atomic E-state index is 12.1. The number of nitrogens with two attached hydrogens (primary N) is 1. The predicted octanol–water partition coefficient (Wildman–Crippen LogP) is 1.80. The van der Waals surface area contributed by atoms with Gasteiger partial charge in [-0.3, -0.25) is 9.91 Å². The van der Waals surface area contributed by atoms with Crippen LogP contribution in [0.2, 0.25) is 0 Å². The van der Waals surface area contributed by atoms with Crippen LogP contribution in [-0.4, -0.2) is 78.8 Å². The van der Waals surface area contributed by atoms with Crippen LogP contribution in [0.4, 0.5) is 4.79 Å². The average molecular weight is 378 g/mol. The van der Waals surface area contributed by atoms with Crippen molar-refractivity contribution in [2.75, 3.05) is 45.8 Å². The van der Waals surface area contributed by atoms with E-state index in [-0.39, 0.29) is 6.03 Å². The third-order valence-electron chi connectivity index (χ3n) is 4.92. The zero-order valence-electron chi connectivity index (χ0n) is 17.1. The first-order chi connectivity index (χ1) is 13.0. The molecule has 0 spiro atoms. The lowest BCUT2D eigenvalue weighted by Crippen LogP contribution is -2.52. The van der Waals surface area contributed by atoms with Crippen molar-refractivity contribution >= 4 is 18.2 Å². The Kier molecular flexibility index (Phi) is 8.57. The van der Waals surface area contributed by atoms with E-state index >= 15 is 0 Å². The van der Waals surface area contributed by atoms with E-state index in [2.05, 4.69) is 27.2 Å². The van der Waals surface area contributed by atoms with Crippen LogP contribution in [0.1, 0.15) is 46.5 Å². The number of unbranched alkanes of at least 4 members (excludes halogenated alkanes) is 2. The first-order valence-corrected chi connectivity index (χ1v) is 10.1. The van der Waals surface area contributed by atoms with Crippen molar-refractivity contribution in [3.63, 3.8) is 0 Å². The minimum absolute atomic E-state index is 0.0829. The van der Waals surface area contributed by atoms with Gasteiger partial charge in [-0.2, -0.15) is 5.10 Å². The molecule has 2 aliphatic rings. The number of nitrogens with one attached hydrogen (secondary N) is 1. The van der Waals surface area contributed by atoms with E-state index in [0.717, 1.165) is 82.8 Å². The summed E-state index contributed by atoms with van der Waals surface area (Å²) in [6, 6.07) is 0.0829. The highest BCUT2D eigenvalue weighted by atomic mass is 16.2. The smallest absolute Gasteiger partial charge is 0.317 e. The maximum atomic E-state index is 12.1. The first kappa shape index (κ1) is 21.2. The maximum Gasteiger partial charge on any atom is 0.317 e. The summed E-state index contributed by atoms with van der Waals surface area (Å²) in [6.45, 7) is 12.4. The van der Waals surface area contributed by atoms with Gasteiger partial charge in [0.05, 0.1) is 0 Å². The fourth-order valence-electron chi connectivity index (χ4n) is 3.34. The van der Waals surface area contributed by atoms with Gasteiger partial charge in [0.15, 0.2) is 5.84 Å². The largest absolute Gasteiger partial charge is 0.382 e. The lowest BCUT2D eigenvalue weighted by molar-refractivity contribution is 0.137. The fraction of sp³-hybridized carbons (Fsp3) is 0.737. The van der Waals surface area contributed by atoms with Crippen LogP contribution in [0.15, 0.2) is 21.4 Å². The highest BCUT2D eigenvalue weighted by Crippen LogP contribution is 2.15. The van der Waals surface area contributed by atoms with E-state index < -0.39 is 0 Å². The minimum atomic E-state index is 0.0829. The van der Waals surface area contributed by atoms with E-state index in [1.165, 1.54) is 6.34 Å². The number of carbonyl (C=O) groups excluding carboxylic acids is 1. The predicted molar refractivity (Wildman–Crippen MR) is 111 cm³/mol. The molecule has 0 aromatic rings. The van der Waals surface area contributed by atoms with E-state index in [0.29, 0.717) is 5.84 Å². The highest BCUT2D eigenvalue weighted by molar-refractivity contribution is 6.02. The van der Waals surface area contributed by atoms with Crippen LogP contribution in [0.5, 0.6) is 0 Å². The van der Waals surface area contributed by atoms with Crippen LogP contribution >= 0.6 is 0 Å². The van der Waals surface area contributed by atoms with Gasteiger partial charge in [-0.15, -0.1) is 0 Å². The van der Waals surface area contributed by atoms with E-state index in [4.69, 9.17) is 5.73 Å². The summed E-state index contributed by atoms with van der Waals surface area (Å²) in [5, 5.41) is 9.30. The molecule has 0 aromatic heterocycles. The average Bonchev–Trinajstić information content (AvgIpc) is 2.65. The molecular formula is C19H35N7O. The van der Waals surface area contributed by atoms with Crippen LogP contribution in [-0.2, 0) is 0 Å². The molecule has 0 atom stereocenters. The van der Waals surface area contributed by atoms with E-state index in [9.17, 15) is 4.79 Å². The molecule has 2 heterocycles. The quantitative estimate of drug-likeness (QED) is 0.631. The molecule has 3 N–H and O–H groups in total. The Labute approximate surface area is 163 Å². The Balaban J connectivity index is 1.63. The summed E-state index contributed by atoms with van der Waals surface area (Å²) in [6.07, 6.45) is 5.80. The lowest BCUT2D eigenvalue weighted by Gasteiger charge is -2.34. The molecule has 1 saturated heterocycles. The Hall–Kier alpha value is -2.09. The number of piperazine rings is 1. The number of nitrogens with zero attached hydrogens (tertiary/aromatic N) is 5. The summed E-state index contributed by atoms with van der Waals surface area (Å²) in [4.78, 5) is 20.5. The standard InChI is InChI=1S/C19H35N7O/c1-4-5-8-21-19(27)25-13-11-24(12-14-25)9-6-7-10-26-17(16(2)3)18(20)22-15-23-26/h15H,4-14H2,1-3H3,(H,21,27)(H2,20,22,23). The van der Waals surface area contributed by atoms with Crippen molar-refractivity contribution < 1.29 is 4.79 Å². The fourth-order valence-corrected chi connectivity index (χ4v) is 3.34. The summed E-state index contributed by atoms with van der Waals surface area (Å²) in [5.74, 6) is 0.540. The molecule has 1 fully saturated rings. The Bertz CT molecular complexity index is 573. The zero-order valence-corrected chi connectivity index (χ0v) is 17.1. The van der Waals surface area contributed by atoms with Gasteiger partial charge in [0.2, 0.25) is 0 Å². The minimum Gasteiger partial charge on any atom is -0.382 e. The molecular weight excluding hydrogens is 342 g/mol. The Morgan fingerprint density at radius 2 is 1.85 bits per heavy atom. The van der Waals surface area contributed by atoms with Gasteiger partial charge in [-0.1, -0.05) is 13.3 Å². The zero-order chi connectivity index (χ0) is 19.6. The molecule has 0 aliphatic carbocycles. The van der Waals surface area contributed by atoms with Gasteiger partial charge in [-0.25, -0.2) is 9.79 Å². The number of hydrogen-bond acceptors (Lipinski definition) is 6. The second kappa shape index (κ2) is 10.9. The second-order valence-corrected chi connectivity index (χ2v) is 7.34. The van der Waals surface area contributed by atoms with Gasteiger partial charge in [0.1, 0.15) is 12.0 Å². The van der Waals surface area contributed by atoms with Gasteiger partial charge < -0.3 is 16.0 Å². The molecule has 0 saturated carbocycles. The van der Waals surface area contributed by atoms with Crippen molar-refractivity contribution in [1.29, 1.82) is 0 Å². The summed E-state index contributed by atoms with van der Waals surface area (Å²) in [7, 11) is 0. The molecule has 2 amide bonds. The number of aliphatic imine (C=N–C) groups is 1. The third-order valence-corrected chi connectivity index (χ3v) is 4.92. The van der Waals surface area contributed by atoms with Gasteiger partial charge in [-0.05, 0) is 45.2 Å². The molecule has 0 bridgehead atoms. The summed E-state index contributed by atoms with van der Waals surface area (Å²) < 4.78 is 0. The number of amidine groups is 1.